The minimum Gasteiger partial charge on any atom is -0.327 e. The van der Waals surface area contributed by atoms with Gasteiger partial charge in [-0.1, -0.05) is 20.8 Å². The fraction of sp³-hybridized carbons (Fsp3) is 0.929. The zero-order valence-electron chi connectivity index (χ0n) is 13.1. The van der Waals surface area contributed by atoms with Gasteiger partial charge in [-0.3, -0.25) is 4.79 Å². The van der Waals surface area contributed by atoms with E-state index in [0.29, 0.717) is 0 Å². The van der Waals surface area contributed by atoms with Crippen molar-refractivity contribution < 1.29 is 13.2 Å². The monoisotopic (exact) mass is 291 g/mol. The van der Waals surface area contributed by atoms with E-state index in [0.717, 1.165) is 6.42 Å². The largest absolute Gasteiger partial charge is 0.327 e. The fourth-order valence-corrected chi connectivity index (χ4v) is 2.92. The summed E-state index contributed by atoms with van der Waals surface area (Å²) in [6.45, 7) is 11.2. The Balaban J connectivity index is 4.29. The van der Waals surface area contributed by atoms with Gasteiger partial charge in [-0.25, -0.2) is 8.42 Å². The summed E-state index contributed by atoms with van der Waals surface area (Å²) in [5, 5.41) is 0. The van der Waals surface area contributed by atoms with Gasteiger partial charge in [-0.05, 0) is 32.6 Å². The summed E-state index contributed by atoms with van der Waals surface area (Å²) in [6.07, 6.45) is 1.08. The average Bonchev–Trinajstić information content (AvgIpc) is 2.09. The lowest BCUT2D eigenvalue weighted by Gasteiger charge is -2.23. The van der Waals surface area contributed by atoms with Crippen molar-refractivity contribution >= 4 is 15.6 Å². The first-order valence-electron chi connectivity index (χ1n) is 6.74. The van der Waals surface area contributed by atoms with Crippen LogP contribution < -0.4 is 5.73 Å². The van der Waals surface area contributed by atoms with Gasteiger partial charge in [0.2, 0.25) is 0 Å². The van der Waals surface area contributed by atoms with Gasteiger partial charge >= 0.3 is 0 Å². The van der Waals surface area contributed by atoms with Crippen molar-refractivity contribution in [2.75, 3.05) is 5.75 Å². The molecule has 0 aromatic carbocycles. The summed E-state index contributed by atoms with van der Waals surface area (Å²) in [5.41, 5.74) is 6.00. The van der Waals surface area contributed by atoms with Gasteiger partial charge in [-0.15, -0.1) is 0 Å². The third kappa shape index (κ3) is 7.67. The van der Waals surface area contributed by atoms with Crippen LogP contribution in [0.2, 0.25) is 0 Å². The minimum atomic E-state index is -3.23. The summed E-state index contributed by atoms with van der Waals surface area (Å²) in [6, 6.07) is -0.190. The van der Waals surface area contributed by atoms with Crippen LogP contribution in [0.4, 0.5) is 0 Å². The van der Waals surface area contributed by atoms with Crippen molar-refractivity contribution in [3.05, 3.63) is 0 Å². The summed E-state index contributed by atoms with van der Waals surface area (Å²) >= 11 is 0. The van der Waals surface area contributed by atoms with Crippen LogP contribution in [0, 0.1) is 5.41 Å². The molecule has 0 radical (unpaired) electrons. The average molecular weight is 291 g/mol. The molecule has 0 fully saturated rings. The molecule has 0 aliphatic heterocycles. The molecule has 1 unspecified atom stereocenters. The molecule has 0 amide bonds. The Hall–Kier alpha value is -0.420. The van der Waals surface area contributed by atoms with Gasteiger partial charge in [0, 0.05) is 18.9 Å². The number of nitrogens with two attached hydrogens (primary N) is 1. The number of rotatable bonds is 6. The highest BCUT2D eigenvalue weighted by Gasteiger charge is 2.29. The molecule has 0 bridgehead atoms. The molecule has 19 heavy (non-hydrogen) atoms. The maximum absolute atomic E-state index is 11.9. The molecule has 0 heterocycles. The van der Waals surface area contributed by atoms with Gasteiger partial charge in [0.25, 0.3) is 0 Å². The Labute approximate surface area is 118 Å². The number of Topliss-reactive ketones (excluding diaryl/α,β-unsaturated/α-hetero) is 1. The van der Waals surface area contributed by atoms with Crippen LogP contribution in [0.5, 0.6) is 0 Å². The van der Waals surface area contributed by atoms with Crippen molar-refractivity contribution in [2.45, 2.75) is 71.6 Å². The Morgan fingerprint density at radius 3 is 1.95 bits per heavy atom. The maximum Gasteiger partial charge on any atom is 0.155 e. The van der Waals surface area contributed by atoms with Gasteiger partial charge in [0.05, 0.1) is 10.5 Å². The van der Waals surface area contributed by atoms with E-state index in [1.165, 1.54) is 0 Å². The van der Waals surface area contributed by atoms with E-state index in [-0.39, 0.29) is 35.8 Å². The predicted octanol–water partition coefficient (Wildman–Crippen LogP) is 2.31. The van der Waals surface area contributed by atoms with Crippen molar-refractivity contribution in [2.24, 2.45) is 11.1 Å². The fourth-order valence-electron chi connectivity index (χ4n) is 1.81. The van der Waals surface area contributed by atoms with E-state index in [4.69, 9.17) is 5.73 Å². The quantitative estimate of drug-likeness (QED) is 0.814. The molecule has 0 rings (SSSR count). The third-order valence-electron chi connectivity index (χ3n) is 2.95. The molecular weight excluding hydrogens is 262 g/mol. The van der Waals surface area contributed by atoms with Crippen LogP contribution in [-0.4, -0.2) is 30.7 Å². The van der Waals surface area contributed by atoms with E-state index in [1.807, 2.05) is 0 Å². The second kappa shape index (κ2) is 6.35. The maximum atomic E-state index is 11.9. The van der Waals surface area contributed by atoms with Crippen LogP contribution in [0.25, 0.3) is 0 Å². The van der Waals surface area contributed by atoms with E-state index < -0.39 is 14.6 Å². The van der Waals surface area contributed by atoms with E-state index >= 15 is 0 Å². The SMILES string of the molecule is CC(C)(C)CC(N)CC(=O)CCS(=O)(=O)C(C)(C)C. The lowest BCUT2D eigenvalue weighted by Crippen LogP contribution is -2.33. The number of sulfone groups is 1. The number of ketones is 1. The van der Waals surface area contributed by atoms with Crippen LogP contribution in [-0.2, 0) is 14.6 Å². The van der Waals surface area contributed by atoms with Crippen LogP contribution in [0.15, 0.2) is 0 Å². The molecular formula is C14H29NO3S. The molecule has 0 spiro atoms. The highest BCUT2D eigenvalue weighted by atomic mass is 32.2. The summed E-state index contributed by atoms with van der Waals surface area (Å²) < 4.78 is 23.0. The molecule has 5 heteroatoms. The Kier molecular flexibility index (Phi) is 6.21. The second-order valence-corrected chi connectivity index (χ2v) is 10.3. The Morgan fingerprint density at radius 2 is 1.58 bits per heavy atom. The zero-order valence-corrected chi connectivity index (χ0v) is 13.9. The topological polar surface area (TPSA) is 77.2 Å². The zero-order chi connectivity index (χ0) is 15.5. The molecule has 114 valence electrons. The lowest BCUT2D eigenvalue weighted by molar-refractivity contribution is -0.119. The molecule has 0 aliphatic rings. The van der Waals surface area contributed by atoms with Crippen LogP contribution in [0.3, 0.4) is 0 Å². The highest BCUT2D eigenvalue weighted by Crippen LogP contribution is 2.22. The Morgan fingerprint density at radius 1 is 1.11 bits per heavy atom. The van der Waals surface area contributed by atoms with Gasteiger partial charge in [0.15, 0.2) is 9.84 Å². The van der Waals surface area contributed by atoms with E-state index in [9.17, 15) is 13.2 Å². The smallest absolute Gasteiger partial charge is 0.155 e. The normalized spacial score (nSPS) is 15.3. The second-order valence-electron chi connectivity index (χ2n) is 7.45. The third-order valence-corrected chi connectivity index (χ3v) is 5.55. The first kappa shape index (κ1) is 18.6. The molecule has 2 N–H and O–H groups in total. The molecule has 0 aromatic heterocycles. The predicted molar refractivity (Wildman–Crippen MR) is 79.8 cm³/mol. The molecule has 0 aliphatic carbocycles. The first-order valence-corrected chi connectivity index (χ1v) is 8.39. The summed E-state index contributed by atoms with van der Waals surface area (Å²) in [5.74, 6) is -0.151. The molecule has 1 atom stereocenters. The van der Waals surface area contributed by atoms with Gasteiger partial charge in [-0.2, -0.15) is 0 Å². The minimum absolute atomic E-state index is 0.0652. The summed E-state index contributed by atoms with van der Waals surface area (Å²) in [7, 11) is -3.23. The number of carbonyl (C=O) groups excluding carboxylic acids is 1. The van der Waals surface area contributed by atoms with Gasteiger partial charge < -0.3 is 5.73 Å². The number of carbonyl (C=O) groups is 1. The first-order chi connectivity index (χ1) is 8.24. The number of hydrogen-bond acceptors (Lipinski definition) is 4. The molecule has 0 saturated carbocycles. The Bertz CT molecular complexity index is 399. The van der Waals surface area contributed by atoms with Gasteiger partial charge in [0.1, 0.15) is 5.78 Å². The molecule has 4 nitrogen and oxygen atoms in total. The number of hydrogen-bond donors (Lipinski definition) is 1. The van der Waals surface area contributed by atoms with E-state index in [1.54, 1.807) is 20.8 Å². The molecule has 0 aromatic rings. The van der Waals surface area contributed by atoms with Crippen LogP contribution in [0.1, 0.15) is 60.8 Å². The van der Waals surface area contributed by atoms with Crippen molar-refractivity contribution in [1.29, 1.82) is 0 Å². The van der Waals surface area contributed by atoms with Crippen molar-refractivity contribution in [3.63, 3.8) is 0 Å². The van der Waals surface area contributed by atoms with Crippen molar-refractivity contribution in [3.8, 4) is 0 Å². The van der Waals surface area contributed by atoms with E-state index in [2.05, 4.69) is 20.8 Å². The lowest BCUT2D eigenvalue weighted by atomic mass is 9.86. The highest BCUT2D eigenvalue weighted by molar-refractivity contribution is 7.92. The van der Waals surface area contributed by atoms with Crippen LogP contribution >= 0.6 is 0 Å². The van der Waals surface area contributed by atoms with Crippen molar-refractivity contribution in [1.82, 2.24) is 0 Å². The standard InChI is InChI=1S/C14H29NO3S/c1-13(2,3)10-11(15)9-12(16)7-8-19(17,18)14(4,5)6/h11H,7-10,15H2,1-6H3. The molecule has 0 saturated heterocycles. The summed E-state index contributed by atoms with van der Waals surface area (Å²) in [4.78, 5) is 11.8.